The first kappa shape index (κ1) is 22.3. The number of carbonyl (C=O) groups excluding carboxylic acids is 1. The number of nitrogens with one attached hydrogen (secondary N) is 2. The number of benzene rings is 1. The van der Waals surface area contributed by atoms with Gasteiger partial charge in [-0.25, -0.2) is 13.2 Å². The van der Waals surface area contributed by atoms with Crippen LogP contribution >= 0.6 is 11.3 Å². The predicted octanol–water partition coefficient (Wildman–Crippen LogP) is 3.81. The molecule has 0 atom stereocenters. The van der Waals surface area contributed by atoms with E-state index in [2.05, 4.69) is 10.5 Å². The van der Waals surface area contributed by atoms with E-state index in [0.29, 0.717) is 17.4 Å². The topological polar surface area (TPSA) is 139 Å². The van der Waals surface area contributed by atoms with Crippen LogP contribution in [0.4, 0.5) is 24.5 Å². The van der Waals surface area contributed by atoms with E-state index in [-0.39, 0.29) is 22.6 Å². The van der Waals surface area contributed by atoms with Crippen LogP contribution in [0, 0.1) is 6.92 Å². The molecule has 1 aromatic carbocycles. The summed E-state index contributed by atoms with van der Waals surface area (Å²) in [6.45, 7) is 1.45. The monoisotopic (exact) mass is 475 g/mol. The van der Waals surface area contributed by atoms with Gasteiger partial charge in [-0.15, -0.1) is 11.3 Å². The van der Waals surface area contributed by atoms with Gasteiger partial charge in [0, 0.05) is 11.1 Å². The highest BCUT2D eigenvalue weighted by molar-refractivity contribution is 7.94. The van der Waals surface area contributed by atoms with E-state index in [0.717, 1.165) is 29.8 Å². The van der Waals surface area contributed by atoms with Crippen LogP contribution in [0.2, 0.25) is 0 Å². The first-order valence-corrected chi connectivity index (χ1v) is 10.5. The van der Waals surface area contributed by atoms with Gasteiger partial charge in [0.25, 0.3) is 15.9 Å². The van der Waals surface area contributed by atoms with Gasteiger partial charge < -0.3 is 14.9 Å². The number of aromatic carboxylic acids is 1. The van der Waals surface area contributed by atoms with Crippen LogP contribution in [0.15, 0.2) is 44.6 Å². The molecule has 31 heavy (non-hydrogen) atoms. The highest BCUT2D eigenvalue weighted by atomic mass is 32.2. The molecule has 1 amide bonds. The molecule has 9 nitrogen and oxygen atoms in total. The highest BCUT2D eigenvalue weighted by Gasteiger charge is 2.35. The second kappa shape index (κ2) is 8.03. The Labute approximate surface area is 176 Å². The Morgan fingerprint density at radius 2 is 1.94 bits per heavy atom. The highest BCUT2D eigenvalue weighted by Crippen LogP contribution is 2.38. The second-order valence-corrected chi connectivity index (χ2v) is 8.89. The van der Waals surface area contributed by atoms with Gasteiger partial charge in [-0.1, -0.05) is 5.16 Å². The number of amides is 1. The average molecular weight is 475 g/mol. The Morgan fingerprint density at radius 3 is 2.48 bits per heavy atom. The number of halogens is 3. The molecule has 0 aliphatic carbocycles. The molecule has 0 unspecified atom stereocenters. The zero-order valence-electron chi connectivity index (χ0n) is 15.4. The molecule has 164 valence electrons. The van der Waals surface area contributed by atoms with Crippen molar-refractivity contribution in [2.24, 2.45) is 0 Å². The van der Waals surface area contributed by atoms with Gasteiger partial charge in [0.1, 0.15) is 15.5 Å². The quantitative estimate of drug-likeness (QED) is 0.493. The summed E-state index contributed by atoms with van der Waals surface area (Å²) in [5.74, 6) is -1.98. The molecule has 0 fully saturated rings. The van der Waals surface area contributed by atoms with E-state index in [1.54, 1.807) is 0 Å². The van der Waals surface area contributed by atoms with E-state index < -0.39 is 43.5 Å². The second-order valence-electron chi connectivity index (χ2n) is 6.07. The lowest BCUT2D eigenvalue weighted by Crippen LogP contribution is -2.18. The first-order valence-electron chi connectivity index (χ1n) is 8.17. The molecule has 14 heteroatoms. The van der Waals surface area contributed by atoms with Gasteiger partial charge in [0.15, 0.2) is 0 Å². The van der Waals surface area contributed by atoms with Crippen molar-refractivity contribution in [2.45, 2.75) is 17.3 Å². The third kappa shape index (κ3) is 4.86. The van der Waals surface area contributed by atoms with E-state index in [1.165, 1.54) is 6.92 Å². The summed E-state index contributed by atoms with van der Waals surface area (Å²) >= 11 is 0.544. The summed E-state index contributed by atoms with van der Waals surface area (Å²) in [5.41, 5.74) is -2.69. The SMILES string of the molecule is Cc1oncc1C(=O)Nc1ccc(NS(=O)(=O)c2cc(C(=O)O)cs2)c(C(F)(F)F)c1. The van der Waals surface area contributed by atoms with Crippen LogP contribution < -0.4 is 10.0 Å². The Kier molecular flexibility index (Phi) is 5.78. The summed E-state index contributed by atoms with van der Waals surface area (Å²) in [6, 6.07) is 3.31. The number of anilines is 2. The van der Waals surface area contributed by atoms with Crippen molar-refractivity contribution < 1.29 is 40.8 Å². The van der Waals surface area contributed by atoms with E-state index >= 15 is 0 Å². The maximum atomic E-state index is 13.5. The molecule has 0 saturated heterocycles. The van der Waals surface area contributed by atoms with Crippen molar-refractivity contribution in [3.8, 4) is 0 Å². The Morgan fingerprint density at radius 1 is 1.23 bits per heavy atom. The number of rotatable bonds is 6. The number of aryl methyl sites for hydroxylation is 1. The lowest BCUT2D eigenvalue weighted by molar-refractivity contribution is -0.136. The third-order valence-electron chi connectivity index (χ3n) is 3.91. The third-order valence-corrected chi connectivity index (χ3v) is 6.71. The Bertz CT molecular complexity index is 1260. The number of carboxylic acids is 1. The molecule has 0 radical (unpaired) electrons. The lowest BCUT2D eigenvalue weighted by atomic mass is 10.1. The molecular formula is C17H12F3N3O6S2. The maximum absolute atomic E-state index is 13.5. The van der Waals surface area contributed by atoms with Crippen molar-refractivity contribution in [1.82, 2.24) is 5.16 Å². The van der Waals surface area contributed by atoms with Crippen molar-refractivity contribution in [3.05, 3.63) is 58.3 Å². The zero-order valence-corrected chi connectivity index (χ0v) is 17.0. The largest absolute Gasteiger partial charge is 0.478 e. The fraction of sp³-hybridized carbons (Fsp3) is 0.118. The number of alkyl halides is 3. The van der Waals surface area contributed by atoms with E-state index in [1.807, 2.05) is 4.72 Å². The van der Waals surface area contributed by atoms with Crippen LogP contribution in [0.5, 0.6) is 0 Å². The minimum absolute atomic E-state index is 0.0188. The van der Waals surface area contributed by atoms with Crippen LogP contribution in [-0.4, -0.2) is 30.6 Å². The minimum Gasteiger partial charge on any atom is -0.478 e. The molecule has 0 saturated carbocycles. The van der Waals surface area contributed by atoms with Crippen molar-refractivity contribution in [2.75, 3.05) is 10.0 Å². The maximum Gasteiger partial charge on any atom is 0.418 e. The molecule has 3 N–H and O–H groups in total. The molecule has 0 bridgehead atoms. The smallest absolute Gasteiger partial charge is 0.418 e. The van der Waals surface area contributed by atoms with Crippen molar-refractivity contribution in [3.63, 3.8) is 0 Å². The van der Waals surface area contributed by atoms with Gasteiger partial charge in [-0.05, 0) is 31.2 Å². The van der Waals surface area contributed by atoms with Crippen LogP contribution in [0.3, 0.4) is 0 Å². The molecule has 3 rings (SSSR count). The average Bonchev–Trinajstić information content (AvgIpc) is 3.31. The fourth-order valence-electron chi connectivity index (χ4n) is 2.43. The van der Waals surface area contributed by atoms with Gasteiger partial charge in [0.2, 0.25) is 0 Å². The van der Waals surface area contributed by atoms with Crippen LogP contribution in [-0.2, 0) is 16.2 Å². The molecule has 0 aliphatic heterocycles. The van der Waals surface area contributed by atoms with Gasteiger partial charge >= 0.3 is 12.1 Å². The number of thiophene rings is 1. The number of aromatic nitrogens is 1. The summed E-state index contributed by atoms with van der Waals surface area (Å²) in [7, 11) is -4.49. The number of hydrogen-bond acceptors (Lipinski definition) is 7. The lowest BCUT2D eigenvalue weighted by Gasteiger charge is -2.16. The summed E-state index contributed by atoms with van der Waals surface area (Å²) in [4.78, 5) is 23.1. The van der Waals surface area contributed by atoms with Crippen molar-refractivity contribution in [1.29, 1.82) is 0 Å². The molecule has 0 aliphatic rings. The van der Waals surface area contributed by atoms with E-state index in [9.17, 15) is 31.2 Å². The number of sulfonamides is 1. The number of carboxylic acid groups (broad SMARTS) is 1. The zero-order chi connectivity index (χ0) is 23.0. The first-order chi connectivity index (χ1) is 14.4. The van der Waals surface area contributed by atoms with Gasteiger partial charge in [0.05, 0.1) is 23.0 Å². The molecule has 2 aromatic heterocycles. The molecule has 2 heterocycles. The van der Waals surface area contributed by atoms with Gasteiger partial charge in [-0.3, -0.25) is 9.52 Å². The summed E-state index contributed by atoms with van der Waals surface area (Å²) in [5, 5.41) is 15.6. The summed E-state index contributed by atoms with van der Waals surface area (Å²) < 4.78 is 71.5. The number of nitrogens with zero attached hydrogens (tertiary/aromatic N) is 1. The summed E-state index contributed by atoms with van der Waals surface area (Å²) in [6.07, 6.45) is -3.86. The van der Waals surface area contributed by atoms with Crippen LogP contribution in [0.25, 0.3) is 0 Å². The molecular weight excluding hydrogens is 463 g/mol. The van der Waals surface area contributed by atoms with Crippen LogP contribution in [0.1, 0.15) is 32.0 Å². The standard InChI is InChI=1S/C17H12F3N3O6S2/c1-8-11(6-21-29-8)15(24)22-10-2-3-13(12(5-10)17(18,19)20)23-31(27,28)14-4-9(7-30-14)16(25)26/h2-7,23H,1H3,(H,22,24)(H,25,26). The minimum atomic E-state index is -4.96. The van der Waals surface area contributed by atoms with Gasteiger partial charge in [-0.2, -0.15) is 13.2 Å². The fourth-order valence-corrected chi connectivity index (χ4v) is 4.66. The Hall–Kier alpha value is -3.39. The Balaban J connectivity index is 1.92. The number of hydrogen-bond donors (Lipinski definition) is 3. The van der Waals surface area contributed by atoms with E-state index in [4.69, 9.17) is 9.63 Å². The number of carbonyl (C=O) groups is 2. The predicted molar refractivity (Wildman–Crippen MR) is 103 cm³/mol. The van der Waals surface area contributed by atoms with Crippen molar-refractivity contribution >= 4 is 44.6 Å². The molecule has 3 aromatic rings. The normalized spacial score (nSPS) is 11.9. The molecule has 0 spiro atoms.